The average molecular weight is 455 g/mol. The van der Waals surface area contributed by atoms with Crippen LogP contribution in [0.25, 0.3) is 0 Å². The van der Waals surface area contributed by atoms with Crippen LogP contribution in [0.2, 0.25) is 0 Å². The van der Waals surface area contributed by atoms with E-state index in [4.69, 9.17) is 9.47 Å². The van der Waals surface area contributed by atoms with Crippen molar-refractivity contribution in [2.45, 2.75) is 39.5 Å². The van der Waals surface area contributed by atoms with Crippen molar-refractivity contribution in [3.63, 3.8) is 0 Å². The number of nitrogens with zero attached hydrogens (tertiary/aromatic N) is 3. The van der Waals surface area contributed by atoms with Crippen molar-refractivity contribution in [1.82, 2.24) is 14.8 Å². The number of nitrogens with one attached hydrogen (secondary N) is 1. The van der Waals surface area contributed by atoms with Crippen molar-refractivity contribution in [3.05, 3.63) is 53.9 Å². The average Bonchev–Trinajstić information content (AvgIpc) is 2.80. The largest absolute Gasteiger partial charge is 0.491 e. The summed E-state index contributed by atoms with van der Waals surface area (Å²) in [7, 11) is 3.44. The van der Waals surface area contributed by atoms with Gasteiger partial charge in [-0.15, -0.1) is 0 Å². The van der Waals surface area contributed by atoms with E-state index in [2.05, 4.69) is 29.0 Å². The predicted octanol–water partition coefficient (Wildman–Crippen LogP) is 3.05. The van der Waals surface area contributed by atoms with E-state index >= 15 is 0 Å². The van der Waals surface area contributed by atoms with Gasteiger partial charge in [0.1, 0.15) is 12.4 Å². The SMILES string of the molecule is CO[C@H]1CN(C)C(=O)c2cc(NC(C)=O)ccc2OC[C@H](C)N(Cc2ccccn2)C[C@H]1C. The minimum Gasteiger partial charge on any atom is -0.491 e. The van der Waals surface area contributed by atoms with Crippen molar-refractivity contribution in [3.8, 4) is 5.75 Å². The highest BCUT2D eigenvalue weighted by Gasteiger charge is 2.28. The summed E-state index contributed by atoms with van der Waals surface area (Å²) in [4.78, 5) is 33.3. The van der Waals surface area contributed by atoms with Crippen molar-refractivity contribution in [2.75, 3.05) is 39.2 Å². The number of likely N-dealkylation sites (N-methyl/N-ethyl adjacent to an activating group) is 1. The molecule has 1 aromatic heterocycles. The zero-order valence-electron chi connectivity index (χ0n) is 20.1. The molecule has 0 aliphatic carbocycles. The molecular weight excluding hydrogens is 420 g/mol. The van der Waals surface area contributed by atoms with E-state index in [-0.39, 0.29) is 29.9 Å². The summed E-state index contributed by atoms with van der Waals surface area (Å²) in [5.74, 6) is 0.288. The van der Waals surface area contributed by atoms with Gasteiger partial charge in [0.25, 0.3) is 5.91 Å². The zero-order chi connectivity index (χ0) is 24.0. The maximum absolute atomic E-state index is 13.3. The molecular formula is C25H34N4O4. The van der Waals surface area contributed by atoms with Crippen molar-refractivity contribution >= 4 is 17.5 Å². The van der Waals surface area contributed by atoms with Crippen molar-refractivity contribution in [1.29, 1.82) is 0 Å². The van der Waals surface area contributed by atoms with Crippen LogP contribution in [0.5, 0.6) is 5.75 Å². The summed E-state index contributed by atoms with van der Waals surface area (Å²) in [6.45, 7) is 7.99. The lowest BCUT2D eigenvalue weighted by Crippen LogP contribution is -2.46. The molecule has 0 radical (unpaired) electrons. The summed E-state index contributed by atoms with van der Waals surface area (Å²) < 4.78 is 12.0. The molecule has 33 heavy (non-hydrogen) atoms. The second-order valence-electron chi connectivity index (χ2n) is 8.74. The lowest BCUT2D eigenvalue weighted by molar-refractivity contribution is -0.114. The van der Waals surface area contributed by atoms with Gasteiger partial charge in [0.05, 0.1) is 17.4 Å². The molecule has 2 heterocycles. The Kier molecular flexibility index (Phi) is 8.41. The molecule has 0 spiro atoms. The number of fused-ring (bicyclic) bond motifs is 1. The second kappa shape index (κ2) is 11.2. The first kappa shape index (κ1) is 24.7. The normalized spacial score (nSPS) is 22.5. The standard InChI is InChI=1S/C25H34N4O4/c1-17-13-29(14-21-8-6-7-11-26-21)18(2)16-33-23-10-9-20(27-19(3)30)12-22(23)25(31)28(4)15-24(17)32-5/h6-12,17-18,24H,13-16H2,1-5H3,(H,27,30)/t17-,18+,24+/m1/s1. The van der Waals surface area contributed by atoms with Crippen LogP contribution in [0.15, 0.2) is 42.6 Å². The third-order valence-corrected chi connectivity index (χ3v) is 5.99. The Bertz CT molecular complexity index is 953. The first-order valence-electron chi connectivity index (χ1n) is 11.2. The van der Waals surface area contributed by atoms with E-state index in [1.54, 1.807) is 43.5 Å². The number of rotatable bonds is 4. The third-order valence-electron chi connectivity index (χ3n) is 5.99. The molecule has 1 N–H and O–H groups in total. The van der Waals surface area contributed by atoms with Gasteiger partial charge in [-0.3, -0.25) is 19.5 Å². The number of ether oxygens (including phenoxy) is 2. The molecule has 3 rings (SSSR count). The minimum absolute atomic E-state index is 0.0714. The molecule has 8 nitrogen and oxygen atoms in total. The quantitative estimate of drug-likeness (QED) is 0.765. The van der Waals surface area contributed by atoms with Crippen LogP contribution in [-0.4, -0.2) is 72.6 Å². The monoisotopic (exact) mass is 454 g/mol. The molecule has 1 aromatic carbocycles. The van der Waals surface area contributed by atoms with Gasteiger partial charge in [-0.05, 0) is 43.2 Å². The third kappa shape index (κ3) is 6.52. The van der Waals surface area contributed by atoms with Crippen LogP contribution < -0.4 is 10.1 Å². The summed E-state index contributed by atoms with van der Waals surface area (Å²) in [5, 5.41) is 2.74. The predicted molar refractivity (Wildman–Crippen MR) is 127 cm³/mol. The van der Waals surface area contributed by atoms with Gasteiger partial charge in [0, 0.05) is 58.6 Å². The summed E-state index contributed by atoms with van der Waals surface area (Å²) in [5.41, 5.74) is 1.96. The van der Waals surface area contributed by atoms with Crippen LogP contribution in [0.4, 0.5) is 5.69 Å². The molecule has 0 saturated carbocycles. The molecule has 0 fully saturated rings. The number of amides is 2. The number of hydrogen-bond acceptors (Lipinski definition) is 6. The lowest BCUT2D eigenvalue weighted by Gasteiger charge is -2.35. The van der Waals surface area contributed by atoms with Gasteiger partial charge in [-0.25, -0.2) is 0 Å². The molecule has 1 aliphatic heterocycles. The number of carbonyl (C=O) groups excluding carboxylic acids is 2. The zero-order valence-corrected chi connectivity index (χ0v) is 20.1. The Morgan fingerprint density at radius 2 is 2.03 bits per heavy atom. The number of hydrogen-bond donors (Lipinski definition) is 1. The number of pyridine rings is 1. The Balaban J connectivity index is 1.94. The Hall–Kier alpha value is -2.97. The fourth-order valence-electron chi connectivity index (χ4n) is 4.05. The van der Waals surface area contributed by atoms with Crippen LogP contribution in [-0.2, 0) is 16.1 Å². The first-order chi connectivity index (χ1) is 15.8. The molecule has 0 unspecified atom stereocenters. The number of anilines is 1. The molecule has 1 aliphatic rings. The molecule has 3 atom stereocenters. The van der Waals surface area contributed by atoms with Gasteiger partial charge in [0.2, 0.25) is 5.91 Å². The lowest BCUT2D eigenvalue weighted by atomic mass is 10.0. The smallest absolute Gasteiger partial charge is 0.257 e. The van der Waals surface area contributed by atoms with E-state index in [9.17, 15) is 9.59 Å². The molecule has 2 amide bonds. The number of methoxy groups -OCH3 is 1. The van der Waals surface area contributed by atoms with Crippen LogP contribution in [0.1, 0.15) is 36.8 Å². The summed E-state index contributed by atoms with van der Waals surface area (Å²) >= 11 is 0. The Morgan fingerprint density at radius 3 is 2.70 bits per heavy atom. The fourth-order valence-corrected chi connectivity index (χ4v) is 4.05. The van der Waals surface area contributed by atoms with Crippen LogP contribution in [0, 0.1) is 5.92 Å². The van der Waals surface area contributed by atoms with E-state index in [0.29, 0.717) is 36.7 Å². The van der Waals surface area contributed by atoms with Crippen LogP contribution in [0.3, 0.4) is 0 Å². The van der Waals surface area contributed by atoms with E-state index in [1.165, 1.54) is 6.92 Å². The Morgan fingerprint density at radius 1 is 1.24 bits per heavy atom. The van der Waals surface area contributed by atoms with Gasteiger partial charge in [-0.1, -0.05) is 13.0 Å². The number of carbonyl (C=O) groups is 2. The molecule has 0 saturated heterocycles. The van der Waals surface area contributed by atoms with Crippen molar-refractivity contribution in [2.24, 2.45) is 5.92 Å². The van der Waals surface area contributed by atoms with Crippen molar-refractivity contribution < 1.29 is 19.1 Å². The second-order valence-corrected chi connectivity index (χ2v) is 8.74. The highest BCUT2D eigenvalue weighted by atomic mass is 16.5. The molecule has 8 heteroatoms. The van der Waals surface area contributed by atoms with Gasteiger partial charge in [-0.2, -0.15) is 0 Å². The topological polar surface area (TPSA) is 84.0 Å². The van der Waals surface area contributed by atoms with Crippen LogP contribution >= 0.6 is 0 Å². The first-order valence-corrected chi connectivity index (χ1v) is 11.2. The van der Waals surface area contributed by atoms with Gasteiger partial charge in [0.15, 0.2) is 0 Å². The molecule has 2 aromatic rings. The molecule has 178 valence electrons. The highest BCUT2D eigenvalue weighted by Crippen LogP contribution is 2.26. The van der Waals surface area contributed by atoms with E-state index < -0.39 is 0 Å². The van der Waals surface area contributed by atoms with Gasteiger partial charge < -0.3 is 19.7 Å². The molecule has 0 bridgehead atoms. The number of benzene rings is 1. The van der Waals surface area contributed by atoms with E-state index in [0.717, 1.165) is 12.2 Å². The maximum Gasteiger partial charge on any atom is 0.257 e. The minimum atomic E-state index is -0.197. The highest BCUT2D eigenvalue weighted by molar-refractivity contribution is 5.99. The fraction of sp³-hybridized carbons (Fsp3) is 0.480. The summed E-state index contributed by atoms with van der Waals surface area (Å²) in [6.07, 6.45) is 1.66. The number of aromatic nitrogens is 1. The van der Waals surface area contributed by atoms with Gasteiger partial charge >= 0.3 is 0 Å². The maximum atomic E-state index is 13.3. The summed E-state index contributed by atoms with van der Waals surface area (Å²) in [6, 6.07) is 11.2. The van der Waals surface area contributed by atoms with E-state index in [1.807, 2.05) is 18.2 Å². The Labute approximate surface area is 195 Å².